The minimum absolute atomic E-state index is 0.0661. The Labute approximate surface area is 159 Å². The van der Waals surface area contributed by atoms with Gasteiger partial charge in [0.1, 0.15) is 10.4 Å². The van der Waals surface area contributed by atoms with Crippen molar-refractivity contribution in [1.82, 2.24) is 4.98 Å². The van der Waals surface area contributed by atoms with Gasteiger partial charge in [0.25, 0.3) is 5.56 Å². The molecule has 2 heterocycles. The summed E-state index contributed by atoms with van der Waals surface area (Å²) in [6, 6.07) is 16.4. The summed E-state index contributed by atoms with van der Waals surface area (Å²) in [6.45, 7) is 0. The molecule has 0 amide bonds. The van der Waals surface area contributed by atoms with Crippen molar-refractivity contribution >= 4 is 32.3 Å². The van der Waals surface area contributed by atoms with E-state index in [4.69, 9.17) is 4.74 Å². The molecule has 1 fully saturated rings. The van der Waals surface area contributed by atoms with E-state index in [0.29, 0.717) is 0 Å². The van der Waals surface area contributed by atoms with Gasteiger partial charge in [0.2, 0.25) is 0 Å². The van der Waals surface area contributed by atoms with Crippen LogP contribution >= 0.6 is 11.3 Å². The van der Waals surface area contributed by atoms with Crippen molar-refractivity contribution < 1.29 is 4.74 Å². The second-order valence-corrected chi connectivity index (χ2v) is 7.87. The average molecular weight is 372 g/mol. The number of hydrogen-bond donors (Lipinski definition) is 1. The van der Waals surface area contributed by atoms with E-state index in [2.05, 4.69) is 11.1 Å². The van der Waals surface area contributed by atoms with Gasteiger partial charge in [-0.25, -0.2) is 0 Å². The van der Waals surface area contributed by atoms with Crippen LogP contribution in [0.1, 0.15) is 18.4 Å². The molecule has 0 saturated heterocycles. The lowest BCUT2D eigenvalue weighted by Gasteiger charge is -2.14. The predicted octanol–water partition coefficient (Wildman–Crippen LogP) is 4.97. The van der Waals surface area contributed by atoms with Gasteiger partial charge in [-0.3, -0.25) is 4.79 Å². The summed E-state index contributed by atoms with van der Waals surface area (Å²) in [5, 5.41) is 13.3. The van der Waals surface area contributed by atoms with Crippen molar-refractivity contribution in [2.75, 3.05) is 7.11 Å². The minimum atomic E-state index is -0.298. The number of ether oxygens (including phenoxy) is 1. The van der Waals surface area contributed by atoms with Crippen LogP contribution < -0.4 is 10.3 Å². The molecule has 5 rings (SSSR count). The highest BCUT2D eigenvalue weighted by molar-refractivity contribution is 7.17. The van der Waals surface area contributed by atoms with Crippen molar-refractivity contribution in [2.45, 2.75) is 18.3 Å². The Bertz CT molecular complexity index is 1290. The maximum atomic E-state index is 12.3. The fourth-order valence-corrected chi connectivity index (χ4v) is 4.63. The number of nitrogens with zero attached hydrogens (tertiary/aromatic N) is 1. The van der Waals surface area contributed by atoms with Gasteiger partial charge < -0.3 is 9.72 Å². The standard InChI is InChI=1S/C22H16N2O2S/c1-26-17-7-6-16-19(15-8-11-27-20(15)21(25)24-16)18(17)13-2-4-14(5-3-13)22(12-23)9-10-22/h2-8,11H,9-10H2,1H3,(H,24,25). The van der Waals surface area contributed by atoms with Crippen LogP contribution in [0.4, 0.5) is 0 Å². The van der Waals surface area contributed by atoms with E-state index in [1.54, 1.807) is 7.11 Å². The molecule has 1 aliphatic rings. The van der Waals surface area contributed by atoms with Crippen molar-refractivity contribution in [2.24, 2.45) is 0 Å². The number of hydrogen-bond acceptors (Lipinski definition) is 4. The lowest BCUT2D eigenvalue weighted by molar-refractivity contribution is 0.417. The van der Waals surface area contributed by atoms with E-state index in [1.807, 2.05) is 47.8 Å². The molecule has 4 aromatic rings. The predicted molar refractivity (Wildman–Crippen MR) is 108 cm³/mol. The number of benzene rings is 2. The molecule has 0 aliphatic heterocycles. The van der Waals surface area contributed by atoms with Crippen LogP contribution in [-0.2, 0) is 5.41 Å². The first-order valence-electron chi connectivity index (χ1n) is 8.79. The van der Waals surface area contributed by atoms with Gasteiger partial charge in [-0.2, -0.15) is 5.26 Å². The zero-order chi connectivity index (χ0) is 18.6. The molecule has 0 spiro atoms. The van der Waals surface area contributed by atoms with Gasteiger partial charge in [0, 0.05) is 21.9 Å². The van der Waals surface area contributed by atoms with Crippen LogP contribution in [0.15, 0.2) is 52.6 Å². The van der Waals surface area contributed by atoms with Gasteiger partial charge in [-0.15, -0.1) is 11.3 Å². The number of H-pyrrole nitrogens is 1. The van der Waals surface area contributed by atoms with E-state index >= 15 is 0 Å². The Balaban J connectivity index is 1.80. The summed E-state index contributed by atoms with van der Waals surface area (Å²) in [5.41, 5.74) is 3.47. The van der Waals surface area contributed by atoms with Gasteiger partial charge in [0.05, 0.1) is 18.6 Å². The molecule has 0 unspecified atom stereocenters. The molecule has 27 heavy (non-hydrogen) atoms. The Morgan fingerprint density at radius 1 is 1.15 bits per heavy atom. The van der Waals surface area contributed by atoms with Crippen molar-refractivity contribution in [1.29, 1.82) is 5.26 Å². The third-order valence-corrected chi connectivity index (χ3v) is 6.38. The van der Waals surface area contributed by atoms with Crippen LogP contribution in [0.5, 0.6) is 5.75 Å². The average Bonchev–Trinajstić information content (AvgIpc) is 3.35. The molecule has 1 N–H and O–H groups in total. The van der Waals surface area contributed by atoms with E-state index in [-0.39, 0.29) is 11.0 Å². The normalized spacial score (nSPS) is 15.0. The summed E-state index contributed by atoms with van der Waals surface area (Å²) in [7, 11) is 1.66. The number of aromatic nitrogens is 1. The largest absolute Gasteiger partial charge is 0.496 e. The maximum absolute atomic E-state index is 12.3. The number of aromatic amines is 1. The smallest absolute Gasteiger partial charge is 0.266 e. The number of nitriles is 1. The summed E-state index contributed by atoms with van der Waals surface area (Å²) in [6.07, 6.45) is 1.86. The molecule has 4 nitrogen and oxygen atoms in total. The van der Waals surface area contributed by atoms with Gasteiger partial charge in [0.15, 0.2) is 0 Å². The van der Waals surface area contributed by atoms with Crippen molar-refractivity contribution in [3.8, 4) is 22.9 Å². The number of fused-ring (bicyclic) bond motifs is 3. The molecule has 2 aromatic carbocycles. The number of nitrogens with one attached hydrogen (secondary N) is 1. The van der Waals surface area contributed by atoms with Gasteiger partial charge >= 0.3 is 0 Å². The Kier molecular flexibility index (Phi) is 3.40. The first kappa shape index (κ1) is 16.1. The fourth-order valence-electron chi connectivity index (χ4n) is 3.83. The van der Waals surface area contributed by atoms with Crippen LogP contribution in [-0.4, -0.2) is 12.1 Å². The molecule has 5 heteroatoms. The highest BCUT2D eigenvalue weighted by atomic mass is 32.1. The highest BCUT2D eigenvalue weighted by Gasteiger charge is 2.44. The van der Waals surface area contributed by atoms with Crippen molar-refractivity contribution in [3.05, 3.63) is 63.8 Å². The topological polar surface area (TPSA) is 65.9 Å². The molecule has 0 radical (unpaired) electrons. The Hall–Kier alpha value is -3.10. The molecule has 1 saturated carbocycles. The quantitative estimate of drug-likeness (QED) is 0.552. The summed E-state index contributed by atoms with van der Waals surface area (Å²) in [5.74, 6) is 0.760. The number of methoxy groups -OCH3 is 1. The van der Waals surface area contributed by atoms with Crippen molar-refractivity contribution in [3.63, 3.8) is 0 Å². The third kappa shape index (κ3) is 2.30. The van der Waals surface area contributed by atoms with E-state index in [0.717, 1.165) is 56.3 Å². The second kappa shape index (κ2) is 5.70. The minimum Gasteiger partial charge on any atom is -0.496 e. The fraction of sp³-hybridized carbons (Fsp3) is 0.182. The lowest BCUT2D eigenvalue weighted by Crippen LogP contribution is -2.05. The number of pyridine rings is 1. The molecule has 1 aliphatic carbocycles. The van der Waals surface area contributed by atoms with E-state index < -0.39 is 0 Å². The zero-order valence-electron chi connectivity index (χ0n) is 14.7. The zero-order valence-corrected chi connectivity index (χ0v) is 15.5. The Morgan fingerprint density at radius 3 is 2.59 bits per heavy atom. The third-order valence-electron chi connectivity index (χ3n) is 5.47. The highest BCUT2D eigenvalue weighted by Crippen LogP contribution is 2.48. The summed E-state index contributed by atoms with van der Waals surface area (Å²) in [4.78, 5) is 15.3. The molecular formula is C22H16N2O2S. The maximum Gasteiger partial charge on any atom is 0.266 e. The molecule has 132 valence electrons. The molecule has 2 aromatic heterocycles. The van der Waals surface area contributed by atoms with Gasteiger partial charge in [-0.05, 0) is 47.5 Å². The van der Waals surface area contributed by atoms with E-state index in [9.17, 15) is 10.1 Å². The number of rotatable bonds is 3. The number of thiophene rings is 1. The monoisotopic (exact) mass is 372 g/mol. The SMILES string of the molecule is COc1ccc2[nH]c(=O)c3sccc3c2c1-c1ccc(C2(C#N)CC2)cc1. The van der Waals surface area contributed by atoms with Gasteiger partial charge in [-0.1, -0.05) is 24.3 Å². The molecular weight excluding hydrogens is 356 g/mol. The van der Waals surface area contributed by atoms with E-state index in [1.165, 1.54) is 11.3 Å². The molecule has 0 atom stereocenters. The first-order valence-corrected chi connectivity index (χ1v) is 9.67. The first-order chi connectivity index (χ1) is 13.2. The van der Waals surface area contributed by atoms with Crippen LogP contribution in [0.2, 0.25) is 0 Å². The summed E-state index contributed by atoms with van der Waals surface area (Å²) >= 11 is 1.44. The van der Waals surface area contributed by atoms with Crippen LogP contribution in [0, 0.1) is 11.3 Å². The Morgan fingerprint density at radius 2 is 1.93 bits per heavy atom. The second-order valence-electron chi connectivity index (χ2n) is 6.95. The summed E-state index contributed by atoms with van der Waals surface area (Å²) < 4.78 is 6.37. The van der Waals surface area contributed by atoms with Crippen LogP contribution in [0.3, 0.4) is 0 Å². The lowest BCUT2D eigenvalue weighted by atomic mass is 9.92. The van der Waals surface area contributed by atoms with Crippen LogP contribution in [0.25, 0.3) is 32.1 Å². The molecule has 0 bridgehead atoms.